The number of fused-ring (bicyclic) bond motifs is 1. The van der Waals surface area contributed by atoms with Crippen molar-refractivity contribution >= 4 is 34.1 Å². The van der Waals surface area contributed by atoms with Gasteiger partial charge in [0.05, 0.1) is 22.3 Å². The highest BCUT2D eigenvalue weighted by molar-refractivity contribution is 6.30. The minimum atomic E-state index is -0.636. The van der Waals surface area contributed by atoms with E-state index in [-0.39, 0.29) is 17.9 Å². The van der Waals surface area contributed by atoms with E-state index in [0.717, 1.165) is 0 Å². The smallest absolute Gasteiger partial charge is 0.265 e. The van der Waals surface area contributed by atoms with E-state index in [1.54, 1.807) is 55.5 Å². The van der Waals surface area contributed by atoms with Gasteiger partial charge in [0.2, 0.25) is 0 Å². The van der Waals surface area contributed by atoms with Gasteiger partial charge in [0.25, 0.3) is 11.5 Å². The first kappa shape index (κ1) is 20.6. The molecule has 0 fully saturated rings. The van der Waals surface area contributed by atoms with E-state index in [4.69, 9.17) is 16.3 Å². The van der Waals surface area contributed by atoms with Crippen molar-refractivity contribution in [2.75, 3.05) is 11.9 Å². The van der Waals surface area contributed by atoms with Gasteiger partial charge in [0, 0.05) is 5.02 Å². The van der Waals surface area contributed by atoms with Gasteiger partial charge in [-0.15, -0.1) is 0 Å². The number of benzene rings is 3. The lowest BCUT2D eigenvalue weighted by Crippen LogP contribution is -2.23. The second-order valence-electron chi connectivity index (χ2n) is 6.77. The van der Waals surface area contributed by atoms with E-state index in [1.807, 2.05) is 0 Å². The van der Waals surface area contributed by atoms with Crippen molar-refractivity contribution < 1.29 is 13.9 Å². The van der Waals surface area contributed by atoms with Gasteiger partial charge in [-0.25, -0.2) is 9.37 Å². The molecule has 1 amide bonds. The molecule has 4 aromatic rings. The van der Waals surface area contributed by atoms with Crippen molar-refractivity contribution in [3.05, 3.63) is 93.7 Å². The molecule has 1 N–H and O–H groups in total. The topological polar surface area (TPSA) is 73.2 Å². The molecule has 4 rings (SSSR count). The molecule has 0 aliphatic rings. The van der Waals surface area contributed by atoms with Crippen molar-refractivity contribution in [1.82, 2.24) is 9.55 Å². The largest absolute Gasteiger partial charge is 0.484 e. The number of anilines is 1. The molecule has 6 nitrogen and oxygen atoms in total. The van der Waals surface area contributed by atoms with E-state index >= 15 is 0 Å². The number of amides is 1. The molecule has 0 unspecified atom stereocenters. The molecule has 0 aliphatic carbocycles. The molecule has 0 bridgehead atoms. The fraction of sp³-hybridized carbons (Fsp3) is 0.0870. The molecular weight excluding hydrogens is 421 g/mol. The van der Waals surface area contributed by atoms with Gasteiger partial charge in [-0.05, 0) is 61.5 Å². The number of hydrogen-bond donors (Lipinski definition) is 1. The summed E-state index contributed by atoms with van der Waals surface area (Å²) in [7, 11) is 0. The van der Waals surface area contributed by atoms with E-state index in [9.17, 15) is 14.0 Å². The van der Waals surface area contributed by atoms with Crippen LogP contribution < -0.4 is 15.6 Å². The highest BCUT2D eigenvalue weighted by Crippen LogP contribution is 2.20. The molecule has 1 aromatic heterocycles. The monoisotopic (exact) mass is 437 g/mol. The number of nitrogens with one attached hydrogen (secondary N) is 1. The third kappa shape index (κ3) is 4.41. The lowest BCUT2D eigenvalue weighted by atomic mass is 10.2. The Balaban J connectivity index is 1.59. The number of halogens is 2. The van der Waals surface area contributed by atoms with Crippen molar-refractivity contribution in [3.8, 4) is 11.4 Å². The summed E-state index contributed by atoms with van der Waals surface area (Å²) in [5, 5.41) is 3.47. The molecule has 0 spiro atoms. The molecule has 156 valence electrons. The molecule has 0 saturated carbocycles. The van der Waals surface area contributed by atoms with Gasteiger partial charge >= 0.3 is 0 Å². The number of hydrogen-bond acceptors (Lipinski definition) is 4. The quantitative estimate of drug-likeness (QED) is 0.498. The number of rotatable bonds is 5. The summed E-state index contributed by atoms with van der Waals surface area (Å²) >= 11 is 5.81. The van der Waals surface area contributed by atoms with E-state index in [0.29, 0.717) is 33.2 Å². The normalized spacial score (nSPS) is 10.8. The fourth-order valence-electron chi connectivity index (χ4n) is 3.16. The zero-order valence-electron chi connectivity index (χ0n) is 16.4. The highest BCUT2D eigenvalue weighted by Gasteiger charge is 2.14. The Morgan fingerprint density at radius 3 is 2.65 bits per heavy atom. The zero-order valence-corrected chi connectivity index (χ0v) is 17.2. The van der Waals surface area contributed by atoms with Crippen LogP contribution in [0.1, 0.15) is 5.82 Å². The van der Waals surface area contributed by atoms with Gasteiger partial charge in [-0.1, -0.05) is 23.7 Å². The zero-order chi connectivity index (χ0) is 22.0. The third-order valence-electron chi connectivity index (χ3n) is 4.61. The number of para-hydroxylation sites is 1. The maximum Gasteiger partial charge on any atom is 0.265 e. The Morgan fingerprint density at radius 1 is 1.13 bits per heavy atom. The van der Waals surface area contributed by atoms with Crippen molar-refractivity contribution in [1.29, 1.82) is 0 Å². The standard InChI is InChI=1S/C23H17ClFN3O3/c1-14-26-20-5-3-2-4-18(20)23(30)28(14)16-8-11-19(25)21(12-16)27-22(29)13-31-17-9-6-15(24)7-10-17/h2-12H,13H2,1H3,(H,27,29). The maximum atomic E-state index is 14.3. The SMILES string of the molecule is Cc1nc2ccccc2c(=O)n1-c1ccc(F)c(NC(=O)COc2ccc(Cl)cc2)c1. The van der Waals surface area contributed by atoms with Crippen LogP contribution in [0.3, 0.4) is 0 Å². The molecule has 8 heteroatoms. The van der Waals surface area contributed by atoms with Crippen LogP contribution in [0.15, 0.2) is 71.5 Å². The van der Waals surface area contributed by atoms with Gasteiger partial charge in [-0.2, -0.15) is 0 Å². The Labute approximate surface area is 181 Å². The first-order valence-corrected chi connectivity index (χ1v) is 9.77. The van der Waals surface area contributed by atoms with Crippen LogP contribution in [0.25, 0.3) is 16.6 Å². The van der Waals surface area contributed by atoms with E-state index in [2.05, 4.69) is 10.3 Å². The highest BCUT2D eigenvalue weighted by atomic mass is 35.5. The van der Waals surface area contributed by atoms with E-state index < -0.39 is 11.7 Å². The lowest BCUT2D eigenvalue weighted by Gasteiger charge is -2.13. The predicted molar refractivity (Wildman–Crippen MR) is 118 cm³/mol. The number of carbonyl (C=O) groups is 1. The van der Waals surface area contributed by atoms with Crippen LogP contribution in [0.5, 0.6) is 5.75 Å². The summed E-state index contributed by atoms with van der Waals surface area (Å²) in [6.07, 6.45) is 0. The molecule has 1 heterocycles. The lowest BCUT2D eigenvalue weighted by molar-refractivity contribution is -0.118. The van der Waals surface area contributed by atoms with Crippen LogP contribution in [0.4, 0.5) is 10.1 Å². The summed E-state index contributed by atoms with van der Waals surface area (Å²) in [6.45, 7) is 1.37. The second-order valence-corrected chi connectivity index (χ2v) is 7.21. The average molecular weight is 438 g/mol. The number of aromatic nitrogens is 2. The summed E-state index contributed by atoms with van der Waals surface area (Å²) in [6, 6.07) is 17.5. The van der Waals surface area contributed by atoms with Crippen LogP contribution in [0.2, 0.25) is 5.02 Å². The first-order chi connectivity index (χ1) is 14.9. The average Bonchev–Trinajstić information content (AvgIpc) is 2.75. The van der Waals surface area contributed by atoms with Gasteiger partial charge in [-0.3, -0.25) is 14.2 Å². The third-order valence-corrected chi connectivity index (χ3v) is 4.86. The molecule has 0 saturated heterocycles. The van der Waals surface area contributed by atoms with Crippen molar-refractivity contribution in [3.63, 3.8) is 0 Å². The molecular formula is C23H17ClFN3O3. The van der Waals surface area contributed by atoms with Crippen LogP contribution in [-0.4, -0.2) is 22.1 Å². The number of nitrogens with zero attached hydrogens (tertiary/aromatic N) is 2. The van der Waals surface area contributed by atoms with Crippen molar-refractivity contribution in [2.45, 2.75) is 6.92 Å². The Bertz CT molecular complexity index is 1340. The summed E-state index contributed by atoms with van der Waals surface area (Å²) in [5.41, 5.74) is 0.618. The first-order valence-electron chi connectivity index (χ1n) is 9.39. The number of carbonyl (C=O) groups excluding carboxylic acids is 1. The van der Waals surface area contributed by atoms with Gasteiger partial charge in [0.1, 0.15) is 17.4 Å². The van der Waals surface area contributed by atoms with Crippen LogP contribution in [-0.2, 0) is 4.79 Å². The fourth-order valence-corrected chi connectivity index (χ4v) is 3.29. The molecule has 31 heavy (non-hydrogen) atoms. The minimum Gasteiger partial charge on any atom is -0.484 e. The van der Waals surface area contributed by atoms with Crippen molar-refractivity contribution in [2.24, 2.45) is 0 Å². The Kier molecular flexibility index (Phi) is 5.68. The maximum absolute atomic E-state index is 14.3. The predicted octanol–water partition coefficient (Wildman–Crippen LogP) is 4.50. The Morgan fingerprint density at radius 2 is 1.87 bits per heavy atom. The minimum absolute atomic E-state index is 0.0679. The van der Waals surface area contributed by atoms with Gasteiger partial charge in [0.15, 0.2) is 6.61 Å². The second kappa shape index (κ2) is 8.57. The number of aryl methyl sites for hydroxylation is 1. The van der Waals surface area contributed by atoms with Crippen LogP contribution in [0, 0.1) is 12.7 Å². The molecule has 0 aliphatic heterocycles. The van der Waals surface area contributed by atoms with E-state index in [1.165, 1.54) is 22.8 Å². The number of ether oxygens (including phenoxy) is 1. The van der Waals surface area contributed by atoms with Gasteiger partial charge < -0.3 is 10.1 Å². The summed E-state index contributed by atoms with van der Waals surface area (Å²) in [4.78, 5) is 29.7. The van der Waals surface area contributed by atoms with Crippen LogP contribution >= 0.6 is 11.6 Å². The molecule has 3 aromatic carbocycles. The molecule has 0 radical (unpaired) electrons. The summed E-state index contributed by atoms with van der Waals surface area (Å²) in [5.74, 6) is -0.286. The summed E-state index contributed by atoms with van der Waals surface area (Å²) < 4.78 is 21.1. The Hall–Kier alpha value is -3.71. The molecule has 0 atom stereocenters.